The van der Waals surface area contributed by atoms with Crippen LogP contribution in [-0.4, -0.2) is 17.9 Å². The number of hydrogen-bond donors (Lipinski definition) is 0. The number of benzene rings is 1. The smallest absolute Gasteiger partial charge is 0.341 e. The Bertz CT molecular complexity index is 461. The second-order valence-corrected chi connectivity index (χ2v) is 6.63. The van der Waals surface area contributed by atoms with Gasteiger partial charge in [-0.1, -0.05) is 64.4 Å². The summed E-state index contributed by atoms with van der Waals surface area (Å²) in [5.41, 5.74) is 0.0723. The number of esters is 1. The Morgan fingerprint density at radius 1 is 1.20 bits per heavy atom. The average molecular weight is 276 g/mol. The summed E-state index contributed by atoms with van der Waals surface area (Å²) in [5, 5.41) is 0. The molecule has 1 aliphatic heterocycles. The Morgan fingerprint density at radius 2 is 1.85 bits per heavy atom. The fraction of sp³-hybridized carbons (Fsp3) is 0.588. The van der Waals surface area contributed by atoms with Crippen molar-refractivity contribution in [2.75, 3.05) is 0 Å². The second kappa shape index (κ2) is 5.57. The summed E-state index contributed by atoms with van der Waals surface area (Å²) in [4.78, 5) is 12.4. The molecule has 0 aromatic heterocycles. The maximum absolute atomic E-state index is 12.4. The molecule has 1 saturated heterocycles. The SMILES string of the molecule is CCCC1(Cc2ccccc2)OC(C(C)(C)C)OC1=O. The van der Waals surface area contributed by atoms with Crippen molar-refractivity contribution in [2.24, 2.45) is 5.41 Å². The van der Waals surface area contributed by atoms with E-state index in [1.807, 2.05) is 51.1 Å². The van der Waals surface area contributed by atoms with Crippen LogP contribution >= 0.6 is 0 Å². The summed E-state index contributed by atoms with van der Waals surface area (Å²) >= 11 is 0. The standard InChI is InChI=1S/C17H24O3/c1-5-11-17(12-13-9-7-6-8-10-13)14(18)19-15(20-17)16(2,3)4/h6-10,15H,5,11-12H2,1-4H3. The molecule has 0 saturated carbocycles. The van der Waals surface area contributed by atoms with Crippen molar-refractivity contribution in [3.8, 4) is 0 Å². The van der Waals surface area contributed by atoms with E-state index in [4.69, 9.17) is 9.47 Å². The van der Waals surface area contributed by atoms with Gasteiger partial charge in [-0.25, -0.2) is 4.79 Å². The third-order valence-corrected chi connectivity index (χ3v) is 3.61. The zero-order valence-electron chi connectivity index (χ0n) is 12.8. The maximum Gasteiger partial charge on any atom is 0.341 e. The first-order chi connectivity index (χ1) is 9.37. The molecular weight excluding hydrogens is 252 g/mol. The zero-order valence-corrected chi connectivity index (χ0v) is 12.8. The number of rotatable bonds is 4. The van der Waals surface area contributed by atoms with Crippen molar-refractivity contribution in [3.05, 3.63) is 35.9 Å². The molecule has 3 nitrogen and oxygen atoms in total. The van der Waals surface area contributed by atoms with E-state index < -0.39 is 11.9 Å². The van der Waals surface area contributed by atoms with Crippen LogP contribution in [0.25, 0.3) is 0 Å². The van der Waals surface area contributed by atoms with Gasteiger partial charge in [0.15, 0.2) is 5.60 Å². The highest BCUT2D eigenvalue weighted by molar-refractivity contribution is 5.81. The first kappa shape index (κ1) is 15.0. The molecule has 110 valence electrons. The quantitative estimate of drug-likeness (QED) is 0.786. The Hall–Kier alpha value is -1.35. The fourth-order valence-electron chi connectivity index (χ4n) is 2.53. The lowest BCUT2D eigenvalue weighted by Crippen LogP contribution is -2.39. The highest BCUT2D eigenvalue weighted by atomic mass is 16.8. The lowest BCUT2D eigenvalue weighted by Gasteiger charge is -2.28. The van der Waals surface area contributed by atoms with Crippen LogP contribution in [0.1, 0.15) is 46.1 Å². The van der Waals surface area contributed by atoms with Gasteiger partial charge >= 0.3 is 5.97 Å². The van der Waals surface area contributed by atoms with Crippen LogP contribution in [0.15, 0.2) is 30.3 Å². The van der Waals surface area contributed by atoms with Crippen LogP contribution in [0.5, 0.6) is 0 Å². The van der Waals surface area contributed by atoms with Gasteiger partial charge in [-0.05, 0) is 12.0 Å². The van der Waals surface area contributed by atoms with Gasteiger partial charge in [-0.2, -0.15) is 0 Å². The number of carbonyl (C=O) groups excluding carboxylic acids is 1. The van der Waals surface area contributed by atoms with Gasteiger partial charge in [0.05, 0.1) is 0 Å². The van der Waals surface area contributed by atoms with Gasteiger partial charge in [0.2, 0.25) is 6.29 Å². The van der Waals surface area contributed by atoms with Crippen LogP contribution < -0.4 is 0 Å². The molecule has 0 N–H and O–H groups in total. The molecule has 1 heterocycles. The summed E-state index contributed by atoms with van der Waals surface area (Å²) < 4.78 is 11.6. The molecule has 0 radical (unpaired) electrons. The van der Waals surface area contributed by atoms with Crippen molar-refractivity contribution in [1.29, 1.82) is 0 Å². The topological polar surface area (TPSA) is 35.5 Å². The average Bonchev–Trinajstić information content (AvgIpc) is 2.69. The van der Waals surface area contributed by atoms with E-state index in [0.29, 0.717) is 12.8 Å². The molecule has 2 unspecified atom stereocenters. The molecule has 3 heteroatoms. The van der Waals surface area contributed by atoms with E-state index in [0.717, 1.165) is 12.0 Å². The van der Waals surface area contributed by atoms with E-state index in [-0.39, 0.29) is 11.4 Å². The van der Waals surface area contributed by atoms with Gasteiger partial charge in [-0.3, -0.25) is 0 Å². The van der Waals surface area contributed by atoms with E-state index in [1.54, 1.807) is 0 Å². The molecule has 0 aliphatic carbocycles. The molecule has 2 rings (SSSR count). The normalized spacial score (nSPS) is 26.6. The largest absolute Gasteiger partial charge is 0.433 e. The van der Waals surface area contributed by atoms with Crippen LogP contribution in [0.3, 0.4) is 0 Å². The molecule has 0 bridgehead atoms. The van der Waals surface area contributed by atoms with Gasteiger partial charge in [0.25, 0.3) is 0 Å². The summed E-state index contributed by atoms with van der Waals surface area (Å²) in [6.07, 6.45) is 1.68. The van der Waals surface area contributed by atoms with Crippen LogP contribution in [0.2, 0.25) is 0 Å². The molecule has 0 spiro atoms. The lowest BCUT2D eigenvalue weighted by molar-refractivity contribution is -0.156. The van der Waals surface area contributed by atoms with Crippen molar-refractivity contribution >= 4 is 5.97 Å². The minimum Gasteiger partial charge on any atom is -0.433 e. The second-order valence-electron chi connectivity index (χ2n) is 6.63. The van der Waals surface area contributed by atoms with Crippen LogP contribution in [0.4, 0.5) is 0 Å². The van der Waals surface area contributed by atoms with E-state index in [9.17, 15) is 4.79 Å². The number of hydrogen-bond acceptors (Lipinski definition) is 3. The Balaban J connectivity index is 2.24. The van der Waals surface area contributed by atoms with Gasteiger partial charge in [0, 0.05) is 11.8 Å². The highest BCUT2D eigenvalue weighted by Crippen LogP contribution is 2.39. The van der Waals surface area contributed by atoms with Crippen LogP contribution in [0, 0.1) is 5.41 Å². The summed E-state index contributed by atoms with van der Waals surface area (Å²) in [6, 6.07) is 9.99. The summed E-state index contributed by atoms with van der Waals surface area (Å²) in [6.45, 7) is 8.13. The van der Waals surface area contributed by atoms with E-state index in [2.05, 4.69) is 6.92 Å². The molecule has 1 fully saturated rings. The third kappa shape index (κ3) is 3.04. The lowest BCUT2D eigenvalue weighted by atomic mass is 9.90. The minimum atomic E-state index is -0.825. The first-order valence-electron chi connectivity index (χ1n) is 7.30. The van der Waals surface area contributed by atoms with E-state index in [1.165, 1.54) is 0 Å². The Labute approximate surface area is 121 Å². The van der Waals surface area contributed by atoms with Crippen molar-refractivity contribution < 1.29 is 14.3 Å². The van der Waals surface area contributed by atoms with Gasteiger partial charge in [0.1, 0.15) is 0 Å². The minimum absolute atomic E-state index is 0.207. The Morgan fingerprint density at radius 3 is 2.35 bits per heavy atom. The molecule has 1 aromatic carbocycles. The molecule has 1 aromatic rings. The first-order valence-corrected chi connectivity index (χ1v) is 7.30. The zero-order chi connectivity index (χ0) is 14.8. The van der Waals surface area contributed by atoms with Gasteiger partial charge in [-0.15, -0.1) is 0 Å². The maximum atomic E-state index is 12.4. The third-order valence-electron chi connectivity index (χ3n) is 3.61. The molecule has 0 amide bonds. The predicted molar refractivity (Wildman–Crippen MR) is 78.2 cm³/mol. The molecular formula is C17H24O3. The summed E-state index contributed by atoms with van der Waals surface area (Å²) in [5.74, 6) is -0.219. The van der Waals surface area contributed by atoms with Crippen molar-refractivity contribution in [1.82, 2.24) is 0 Å². The predicted octanol–water partition coefficient (Wildman–Crippen LogP) is 3.71. The van der Waals surface area contributed by atoms with Crippen molar-refractivity contribution in [2.45, 2.75) is 58.8 Å². The number of ether oxygens (including phenoxy) is 2. The summed E-state index contributed by atoms with van der Waals surface area (Å²) in [7, 11) is 0. The molecule has 2 atom stereocenters. The number of carbonyl (C=O) groups is 1. The van der Waals surface area contributed by atoms with Crippen LogP contribution in [-0.2, 0) is 20.7 Å². The van der Waals surface area contributed by atoms with E-state index >= 15 is 0 Å². The van der Waals surface area contributed by atoms with Gasteiger partial charge < -0.3 is 9.47 Å². The van der Waals surface area contributed by atoms with Crippen molar-refractivity contribution in [3.63, 3.8) is 0 Å². The molecule has 1 aliphatic rings. The Kier molecular flexibility index (Phi) is 4.19. The highest BCUT2D eigenvalue weighted by Gasteiger charge is 2.52. The molecule has 20 heavy (non-hydrogen) atoms. The number of cyclic esters (lactones) is 1. The fourth-order valence-corrected chi connectivity index (χ4v) is 2.53. The monoisotopic (exact) mass is 276 g/mol.